The molecule has 0 aliphatic heterocycles. The number of pyridine rings is 1. The highest BCUT2D eigenvalue weighted by molar-refractivity contribution is 6.32. The van der Waals surface area contributed by atoms with Crippen molar-refractivity contribution in [1.29, 1.82) is 0 Å². The fraction of sp³-hybridized carbons (Fsp3) is 0.143. The van der Waals surface area contributed by atoms with Crippen LogP contribution in [0.2, 0.25) is 5.15 Å². The Balaban J connectivity index is 2.31. The Hall–Kier alpha value is -2.07. The Morgan fingerprint density at radius 2 is 2.05 bits per heavy atom. The van der Waals surface area contributed by atoms with Gasteiger partial charge in [0, 0.05) is 6.20 Å². The van der Waals surface area contributed by atoms with Crippen LogP contribution in [-0.4, -0.2) is 18.0 Å². The molecule has 1 N–H and O–H groups in total. The molecular weight excluding hydrogens is 264 g/mol. The first-order valence-electron chi connectivity index (χ1n) is 5.69. The maximum Gasteiger partial charge on any atom is 0.259 e. The molecule has 4 nitrogen and oxygen atoms in total. The van der Waals surface area contributed by atoms with Gasteiger partial charge in [0.1, 0.15) is 5.75 Å². The summed E-state index contributed by atoms with van der Waals surface area (Å²) in [6.45, 7) is 1.85. The zero-order chi connectivity index (χ0) is 13.8. The number of methoxy groups -OCH3 is 1. The number of nitrogens with one attached hydrogen (secondary N) is 1. The molecule has 1 heterocycles. The molecule has 0 atom stereocenters. The number of ether oxygens (including phenoxy) is 1. The number of benzene rings is 1. The van der Waals surface area contributed by atoms with Crippen molar-refractivity contribution in [3.8, 4) is 5.75 Å². The van der Waals surface area contributed by atoms with Crippen LogP contribution in [0.4, 0.5) is 5.69 Å². The molecule has 98 valence electrons. The van der Waals surface area contributed by atoms with Gasteiger partial charge in [0.15, 0.2) is 5.15 Å². The van der Waals surface area contributed by atoms with Crippen LogP contribution in [0.5, 0.6) is 5.75 Å². The molecule has 0 saturated heterocycles. The first-order chi connectivity index (χ1) is 9.13. The first-order valence-corrected chi connectivity index (χ1v) is 6.06. The molecule has 0 aliphatic carbocycles. The molecule has 1 aromatic heterocycles. The van der Waals surface area contributed by atoms with Crippen LogP contribution in [0.3, 0.4) is 0 Å². The largest absolute Gasteiger partial charge is 0.496 e. The van der Waals surface area contributed by atoms with Gasteiger partial charge in [-0.25, -0.2) is 4.98 Å². The van der Waals surface area contributed by atoms with E-state index in [4.69, 9.17) is 16.3 Å². The number of carbonyl (C=O) groups excluding carboxylic acids is 1. The average Bonchev–Trinajstić information content (AvgIpc) is 2.42. The number of rotatable bonds is 3. The van der Waals surface area contributed by atoms with E-state index in [1.807, 2.05) is 6.92 Å². The summed E-state index contributed by atoms with van der Waals surface area (Å²) in [4.78, 5) is 16.2. The fourth-order valence-electron chi connectivity index (χ4n) is 1.69. The van der Waals surface area contributed by atoms with Gasteiger partial charge in [-0.05, 0) is 30.7 Å². The van der Waals surface area contributed by atoms with Crippen molar-refractivity contribution in [3.63, 3.8) is 0 Å². The molecule has 19 heavy (non-hydrogen) atoms. The second kappa shape index (κ2) is 5.71. The van der Waals surface area contributed by atoms with Gasteiger partial charge in [0.25, 0.3) is 5.91 Å². The lowest BCUT2D eigenvalue weighted by Gasteiger charge is -2.11. The minimum Gasteiger partial charge on any atom is -0.496 e. The zero-order valence-corrected chi connectivity index (χ0v) is 11.4. The van der Waals surface area contributed by atoms with E-state index in [1.165, 1.54) is 7.11 Å². The highest BCUT2D eigenvalue weighted by Crippen LogP contribution is 2.25. The third-order valence-corrected chi connectivity index (χ3v) is 2.99. The summed E-state index contributed by atoms with van der Waals surface area (Å²) in [5, 5.41) is 3.02. The summed E-state index contributed by atoms with van der Waals surface area (Å²) in [6, 6.07) is 8.77. The number of amides is 1. The molecular formula is C14H13ClN2O2. The molecule has 2 aromatic rings. The van der Waals surface area contributed by atoms with Crippen LogP contribution in [-0.2, 0) is 0 Å². The van der Waals surface area contributed by atoms with Crippen molar-refractivity contribution < 1.29 is 9.53 Å². The van der Waals surface area contributed by atoms with Crippen molar-refractivity contribution in [2.45, 2.75) is 6.92 Å². The summed E-state index contributed by atoms with van der Waals surface area (Å²) < 4.78 is 5.16. The van der Waals surface area contributed by atoms with Crippen LogP contribution in [0.15, 0.2) is 36.5 Å². The third kappa shape index (κ3) is 2.85. The van der Waals surface area contributed by atoms with E-state index in [1.54, 1.807) is 36.5 Å². The standard InChI is InChI=1S/C14H13ClN2O2/c1-9-7-8-16-13(15)12(9)17-14(18)10-5-3-4-6-11(10)19-2/h3-8H,1-2H3,(H,17,18). The van der Waals surface area contributed by atoms with Gasteiger partial charge in [-0.3, -0.25) is 4.79 Å². The second-order valence-electron chi connectivity index (χ2n) is 3.95. The number of nitrogens with zero attached hydrogens (tertiary/aromatic N) is 1. The van der Waals surface area contributed by atoms with Gasteiger partial charge in [0.05, 0.1) is 18.4 Å². The Kier molecular flexibility index (Phi) is 4.02. The number of halogens is 1. The van der Waals surface area contributed by atoms with Crippen LogP contribution in [0, 0.1) is 6.92 Å². The van der Waals surface area contributed by atoms with Crippen molar-refractivity contribution >= 4 is 23.2 Å². The first kappa shape index (κ1) is 13.4. The van der Waals surface area contributed by atoms with Gasteiger partial charge in [-0.15, -0.1) is 0 Å². The maximum absolute atomic E-state index is 12.2. The minimum absolute atomic E-state index is 0.267. The Morgan fingerprint density at radius 1 is 1.32 bits per heavy atom. The van der Waals surface area contributed by atoms with Crippen LogP contribution >= 0.6 is 11.6 Å². The average molecular weight is 277 g/mol. The van der Waals surface area contributed by atoms with E-state index in [-0.39, 0.29) is 11.1 Å². The van der Waals surface area contributed by atoms with Crippen LogP contribution < -0.4 is 10.1 Å². The zero-order valence-electron chi connectivity index (χ0n) is 10.6. The summed E-state index contributed by atoms with van der Waals surface area (Å²) in [7, 11) is 1.52. The molecule has 2 rings (SSSR count). The smallest absolute Gasteiger partial charge is 0.259 e. The summed E-state index contributed by atoms with van der Waals surface area (Å²) in [5.41, 5.74) is 1.81. The summed E-state index contributed by atoms with van der Waals surface area (Å²) >= 11 is 5.98. The van der Waals surface area contributed by atoms with Crippen molar-refractivity contribution in [2.75, 3.05) is 12.4 Å². The maximum atomic E-state index is 12.2. The summed E-state index contributed by atoms with van der Waals surface area (Å²) in [5.74, 6) is 0.230. The van der Waals surface area contributed by atoms with Crippen LogP contribution in [0.25, 0.3) is 0 Å². The minimum atomic E-state index is -0.282. The van der Waals surface area contributed by atoms with Crippen molar-refractivity contribution in [2.24, 2.45) is 0 Å². The molecule has 1 amide bonds. The highest BCUT2D eigenvalue weighted by Gasteiger charge is 2.14. The van der Waals surface area contributed by atoms with E-state index in [9.17, 15) is 4.79 Å². The highest BCUT2D eigenvalue weighted by atomic mass is 35.5. The molecule has 0 saturated carbocycles. The van der Waals surface area contributed by atoms with Gasteiger partial charge in [0.2, 0.25) is 0 Å². The topological polar surface area (TPSA) is 51.2 Å². The normalized spacial score (nSPS) is 10.1. The van der Waals surface area contributed by atoms with Crippen molar-refractivity contribution in [3.05, 3.63) is 52.8 Å². The van der Waals surface area contributed by atoms with E-state index in [2.05, 4.69) is 10.3 Å². The molecule has 0 bridgehead atoms. The predicted octanol–water partition coefficient (Wildman–Crippen LogP) is 3.30. The van der Waals surface area contributed by atoms with E-state index >= 15 is 0 Å². The number of anilines is 1. The van der Waals surface area contributed by atoms with Crippen LogP contribution in [0.1, 0.15) is 15.9 Å². The molecule has 0 fully saturated rings. The van der Waals surface area contributed by atoms with E-state index in [0.29, 0.717) is 17.0 Å². The van der Waals surface area contributed by atoms with Gasteiger partial charge in [-0.1, -0.05) is 23.7 Å². The summed E-state index contributed by atoms with van der Waals surface area (Å²) in [6.07, 6.45) is 1.59. The fourth-order valence-corrected chi connectivity index (χ4v) is 1.94. The van der Waals surface area contributed by atoms with E-state index in [0.717, 1.165) is 5.56 Å². The predicted molar refractivity (Wildman–Crippen MR) is 74.9 cm³/mol. The Morgan fingerprint density at radius 3 is 2.74 bits per heavy atom. The van der Waals surface area contributed by atoms with E-state index < -0.39 is 0 Å². The molecule has 0 spiro atoms. The Labute approximate surface area is 116 Å². The number of para-hydroxylation sites is 1. The lowest BCUT2D eigenvalue weighted by molar-refractivity contribution is 0.102. The molecule has 1 aromatic carbocycles. The lowest BCUT2D eigenvalue weighted by Crippen LogP contribution is -2.14. The third-order valence-electron chi connectivity index (χ3n) is 2.70. The number of hydrogen-bond acceptors (Lipinski definition) is 3. The number of aryl methyl sites for hydroxylation is 1. The lowest BCUT2D eigenvalue weighted by atomic mass is 10.1. The number of hydrogen-bond donors (Lipinski definition) is 1. The quantitative estimate of drug-likeness (QED) is 0.875. The monoisotopic (exact) mass is 276 g/mol. The van der Waals surface area contributed by atoms with Gasteiger partial charge < -0.3 is 10.1 Å². The van der Waals surface area contributed by atoms with Gasteiger partial charge in [-0.2, -0.15) is 0 Å². The SMILES string of the molecule is COc1ccccc1C(=O)Nc1c(C)ccnc1Cl. The number of aromatic nitrogens is 1. The van der Waals surface area contributed by atoms with Crippen molar-refractivity contribution in [1.82, 2.24) is 4.98 Å². The molecule has 0 radical (unpaired) electrons. The molecule has 5 heteroatoms. The number of carbonyl (C=O) groups is 1. The molecule has 0 unspecified atom stereocenters. The molecule has 0 aliphatic rings. The van der Waals surface area contributed by atoms with Gasteiger partial charge >= 0.3 is 0 Å². The Bertz CT molecular complexity index is 594. The second-order valence-corrected chi connectivity index (χ2v) is 4.31.